The summed E-state index contributed by atoms with van der Waals surface area (Å²) in [6, 6.07) is 9.49. The quantitative estimate of drug-likeness (QED) is 0.240. The van der Waals surface area contributed by atoms with E-state index in [1.54, 1.807) is 18.4 Å². The number of guanidine groups is 1. The zero-order valence-electron chi connectivity index (χ0n) is 17.3. The summed E-state index contributed by atoms with van der Waals surface area (Å²) in [6.45, 7) is 8.77. The van der Waals surface area contributed by atoms with Crippen molar-refractivity contribution < 1.29 is 19.0 Å². The normalized spacial score (nSPS) is 12.1. The van der Waals surface area contributed by atoms with Crippen LogP contribution in [0.25, 0.3) is 0 Å². The Balaban J connectivity index is 0.00000420. The van der Waals surface area contributed by atoms with Gasteiger partial charge in [0.2, 0.25) is 0 Å². The van der Waals surface area contributed by atoms with Gasteiger partial charge in [0.15, 0.2) is 17.5 Å². The van der Waals surface area contributed by atoms with Gasteiger partial charge in [0, 0.05) is 13.1 Å². The van der Waals surface area contributed by atoms with Gasteiger partial charge in [-0.05, 0) is 57.0 Å². The van der Waals surface area contributed by atoms with Crippen molar-refractivity contribution in [3.63, 3.8) is 0 Å². The first-order chi connectivity index (χ1) is 13.7. The highest BCUT2D eigenvalue weighted by Gasteiger charge is 2.10. The monoisotopic (exact) mass is 517 g/mol. The molecule has 3 N–H and O–H groups in total. The van der Waals surface area contributed by atoms with Crippen molar-refractivity contribution in [2.24, 2.45) is 4.99 Å². The number of nitrogens with zero attached hydrogens (tertiary/aromatic N) is 1. The number of ether oxygens (including phenoxy) is 2. The number of hydrogen-bond acceptors (Lipinski definition) is 5. The predicted octanol–water partition coefficient (Wildman–Crippen LogP) is 3.53. The Labute approximate surface area is 189 Å². The third kappa shape index (κ3) is 8.53. The van der Waals surface area contributed by atoms with Crippen LogP contribution in [0.5, 0.6) is 11.5 Å². The number of hydrogen-bond donors (Lipinski definition) is 3. The minimum Gasteiger partial charge on any atom is -0.490 e. The van der Waals surface area contributed by atoms with E-state index in [9.17, 15) is 5.11 Å². The smallest absolute Gasteiger partial charge is 0.191 e. The third-order valence-electron chi connectivity index (χ3n) is 3.95. The van der Waals surface area contributed by atoms with E-state index in [0.717, 1.165) is 30.0 Å². The number of aliphatic imine (C=N–C) groups is 1. The minimum atomic E-state index is -0.759. The molecule has 0 radical (unpaired) electrons. The van der Waals surface area contributed by atoms with Gasteiger partial charge in [-0.3, -0.25) is 4.99 Å². The summed E-state index contributed by atoms with van der Waals surface area (Å²) in [7, 11) is 0. The molecule has 0 fully saturated rings. The van der Waals surface area contributed by atoms with Gasteiger partial charge in [-0.1, -0.05) is 6.07 Å². The second kappa shape index (κ2) is 14.1. The van der Waals surface area contributed by atoms with E-state index in [0.29, 0.717) is 31.5 Å². The van der Waals surface area contributed by atoms with Gasteiger partial charge >= 0.3 is 0 Å². The molecular formula is C21H32IN3O4. The molecule has 162 valence electrons. The lowest BCUT2D eigenvalue weighted by Gasteiger charge is -2.14. The summed E-state index contributed by atoms with van der Waals surface area (Å²) < 4.78 is 16.5. The lowest BCUT2D eigenvalue weighted by molar-refractivity contribution is 0.158. The second-order valence-corrected chi connectivity index (χ2v) is 6.07. The molecule has 0 aliphatic rings. The molecule has 2 rings (SSSR count). The van der Waals surface area contributed by atoms with Gasteiger partial charge in [-0.2, -0.15) is 0 Å². The highest BCUT2D eigenvalue weighted by Crippen LogP contribution is 2.28. The molecule has 7 nitrogen and oxygen atoms in total. The Bertz CT molecular complexity index is 723. The molecule has 29 heavy (non-hydrogen) atoms. The Hall–Kier alpha value is -1.94. The first-order valence-electron chi connectivity index (χ1n) is 9.80. The van der Waals surface area contributed by atoms with Crippen LogP contribution < -0.4 is 20.1 Å². The van der Waals surface area contributed by atoms with Crippen molar-refractivity contribution in [2.45, 2.75) is 33.3 Å². The van der Waals surface area contributed by atoms with E-state index < -0.39 is 6.10 Å². The number of rotatable bonds is 11. The van der Waals surface area contributed by atoms with E-state index in [-0.39, 0.29) is 30.5 Å². The molecule has 1 aromatic carbocycles. The van der Waals surface area contributed by atoms with E-state index in [2.05, 4.69) is 15.6 Å². The van der Waals surface area contributed by atoms with Crippen LogP contribution in [0.4, 0.5) is 0 Å². The summed E-state index contributed by atoms with van der Waals surface area (Å²) in [5, 5.41) is 16.6. The summed E-state index contributed by atoms with van der Waals surface area (Å²) in [5.74, 6) is 2.70. The van der Waals surface area contributed by atoms with Gasteiger partial charge in [-0.25, -0.2) is 0 Å². The Morgan fingerprint density at radius 1 is 1.10 bits per heavy atom. The SMILES string of the molecule is CCNC(=NCC(O)c1ccco1)NCCc1ccc(OCC)c(OCC)c1.I. The van der Waals surface area contributed by atoms with Crippen LogP contribution in [0.15, 0.2) is 46.0 Å². The standard InChI is InChI=1S/C21H31N3O4.HI/c1-4-22-21(24-15-17(25)18-8-7-13-28-18)23-12-11-16-9-10-19(26-5-2)20(14-16)27-6-3;/h7-10,13-14,17,25H,4-6,11-12,15H2,1-3H3,(H2,22,23,24);1H. The maximum absolute atomic E-state index is 10.1. The second-order valence-electron chi connectivity index (χ2n) is 6.07. The Morgan fingerprint density at radius 3 is 2.52 bits per heavy atom. The van der Waals surface area contributed by atoms with Crippen molar-refractivity contribution in [3.05, 3.63) is 47.9 Å². The minimum absolute atomic E-state index is 0. The first kappa shape index (κ1) is 25.1. The molecular weight excluding hydrogens is 485 g/mol. The predicted molar refractivity (Wildman–Crippen MR) is 126 cm³/mol. The Morgan fingerprint density at radius 2 is 1.86 bits per heavy atom. The zero-order valence-corrected chi connectivity index (χ0v) is 19.6. The molecule has 1 aromatic heterocycles. The highest BCUT2D eigenvalue weighted by atomic mass is 127. The topological polar surface area (TPSA) is 88.3 Å². The first-order valence-corrected chi connectivity index (χ1v) is 9.80. The number of aliphatic hydroxyl groups excluding tert-OH is 1. The fourth-order valence-corrected chi connectivity index (χ4v) is 2.67. The number of nitrogens with one attached hydrogen (secondary N) is 2. The van der Waals surface area contributed by atoms with Crippen LogP contribution in [0, 0.1) is 0 Å². The molecule has 0 aliphatic heterocycles. The van der Waals surface area contributed by atoms with E-state index in [4.69, 9.17) is 13.9 Å². The van der Waals surface area contributed by atoms with Gasteiger partial charge in [0.1, 0.15) is 11.9 Å². The van der Waals surface area contributed by atoms with Crippen molar-refractivity contribution in [2.75, 3.05) is 32.8 Å². The molecule has 0 bridgehead atoms. The van der Waals surface area contributed by atoms with Crippen molar-refractivity contribution in [1.82, 2.24) is 10.6 Å². The van der Waals surface area contributed by atoms with E-state index >= 15 is 0 Å². The van der Waals surface area contributed by atoms with Gasteiger partial charge in [0.25, 0.3) is 0 Å². The molecule has 0 aliphatic carbocycles. The van der Waals surface area contributed by atoms with Crippen molar-refractivity contribution >= 4 is 29.9 Å². The average Bonchev–Trinajstić information content (AvgIpc) is 3.23. The zero-order chi connectivity index (χ0) is 20.2. The van der Waals surface area contributed by atoms with Crippen molar-refractivity contribution in [3.8, 4) is 11.5 Å². The van der Waals surface area contributed by atoms with E-state index in [1.165, 1.54) is 0 Å². The van der Waals surface area contributed by atoms with Crippen LogP contribution in [-0.4, -0.2) is 43.9 Å². The maximum atomic E-state index is 10.1. The molecule has 1 atom stereocenters. The number of benzene rings is 1. The summed E-state index contributed by atoms with van der Waals surface area (Å²) >= 11 is 0. The molecule has 0 amide bonds. The molecule has 8 heteroatoms. The maximum Gasteiger partial charge on any atom is 0.191 e. The number of halogens is 1. The summed E-state index contributed by atoms with van der Waals surface area (Å²) in [4.78, 5) is 4.43. The average molecular weight is 517 g/mol. The van der Waals surface area contributed by atoms with Crippen molar-refractivity contribution in [1.29, 1.82) is 0 Å². The largest absolute Gasteiger partial charge is 0.490 e. The lowest BCUT2D eigenvalue weighted by Crippen LogP contribution is -2.38. The van der Waals surface area contributed by atoms with Crippen LogP contribution in [-0.2, 0) is 6.42 Å². The lowest BCUT2D eigenvalue weighted by atomic mass is 10.1. The van der Waals surface area contributed by atoms with Gasteiger partial charge in [0.05, 0.1) is 26.0 Å². The van der Waals surface area contributed by atoms with E-state index in [1.807, 2.05) is 39.0 Å². The fraction of sp³-hybridized carbons (Fsp3) is 0.476. The molecule has 1 heterocycles. The number of furan rings is 1. The van der Waals surface area contributed by atoms with Gasteiger partial charge in [-0.15, -0.1) is 24.0 Å². The van der Waals surface area contributed by atoms with Crippen LogP contribution in [0.2, 0.25) is 0 Å². The van der Waals surface area contributed by atoms with Crippen LogP contribution in [0.1, 0.15) is 38.2 Å². The molecule has 1 unspecified atom stereocenters. The third-order valence-corrected chi connectivity index (χ3v) is 3.95. The van der Waals surface area contributed by atoms with Gasteiger partial charge < -0.3 is 29.6 Å². The van der Waals surface area contributed by atoms with Crippen LogP contribution >= 0.6 is 24.0 Å². The van der Waals surface area contributed by atoms with Crippen LogP contribution in [0.3, 0.4) is 0 Å². The summed E-state index contributed by atoms with van der Waals surface area (Å²) in [6.07, 6.45) is 1.58. The highest BCUT2D eigenvalue weighted by molar-refractivity contribution is 14.0. The Kier molecular flexibility index (Phi) is 12.2. The molecule has 0 spiro atoms. The molecule has 0 saturated carbocycles. The number of aliphatic hydroxyl groups is 1. The molecule has 2 aromatic rings. The fourth-order valence-electron chi connectivity index (χ4n) is 2.67. The summed E-state index contributed by atoms with van der Waals surface area (Å²) in [5.41, 5.74) is 1.14. The molecule has 0 saturated heterocycles.